The summed E-state index contributed by atoms with van der Waals surface area (Å²) >= 11 is 6.05. The molecule has 0 fully saturated rings. The molecule has 24 heavy (non-hydrogen) atoms. The molecule has 0 aliphatic rings. The van der Waals surface area contributed by atoms with Gasteiger partial charge in [0.25, 0.3) is 5.56 Å². The van der Waals surface area contributed by atoms with Crippen LogP contribution in [0, 0.1) is 6.92 Å². The fraction of sp³-hybridized carbons (Fsp3) is 0.111. The van der Waals surface area contributed by atoms with Gasteiger partial charge in [0.1, 0.15) is 11.2 Å². The van der Waals surface area contributed by atoms with Crippen molar-refractivity contribution in [3.05, 3.63) is 62.9 Å². The average Bonchev–Trinajstić information content (AvgIpc) is 2.93. The topological polar surface area (TPSA) is 63.6 Å². The first kappa shape index (κ1) is 14.8. The molecular weight excluding hydrogens is 328 g/mol. The number of imidazole rings is 1. The van der Waals surface area contributed by atoms with Gasteiger partial charge in [0.2, 0.25) is 0 Å². The molecule has 0 radical (unpaired) electrons. The molecule has 4 aromatic rings. The Morgan fingerprint density at radius 2 is 1.96 bits per heavy atom. The van der Waals surface area contributed by atoms with Crippen molar-refractivity contribution in [3.8, 4) is 0 Å². The number of aromatic nitrogens is 2. The van der Waals surface area contributed by atoms with Crippen LogP contribution in [0.1, 0.15) is 15.9 Å². The van der Waals surface area contributed by atoms with Gasteiger partial charge in [-0.25, -0.2) is 4.79 Å². The van der Waals surface area contributed by atoms with E-state index in [2.05, 4.69) is 4.98 Å². The number of aromatic amines is 1. The van der Waals surface area contributed by atoms with Gasteiger partial charge in [-0.15, -0.1) is 0 Å². The fourth-order valence-electron chi connectivity index (χ4n) is 3.10. The van der Waals surface area contributed by atoms with Crippen molar-refractivity contribution in [1.82, 2.24) is 9.38 Å². The van der Waals surface area contributed by atoms with Crippen LogP contribution in [0.25, 0.3) is 27.5 Å². The second-order valence-corrected chi connectivity index (χ2v) is 6.13. The lowest BCUT2D eigenvalue weighted by Gasteiger charge is -2.08. The molecule has 1 N–H and O–H groups in total. The Morgan fingerprint density at radius 1 is 1.17 bits per heavy atom. The van der Waals surface area contributed by atoms with E-state index in [-0.39, 0.29) is 5.56 Å². The summed E-state index contributed by atoms with van der Waals surface area (Å²) in [6.45, 7) is 1.96. The maximum atomic E-state index is 13.0. The monoisotopic (exact) mass is 340 g/mol. The van der Waals surface area contributed by atoms with Gasteiger partial charge in [-0.1, -0.05) is 23.7 Å². The molecule has 2 aromatic heterocycles. The third kappa shape index (κ3) is 1.95. The van der Waals surface area contributed by atoms with Gasteiger partial charge in [0.05, 0.1) is 23.5 Å². The summed E-state index contributed by atoms with van der Waals surface area (Å²) < 4.78 is 6.43. The summed E-state index contributed by atoms with van der Waals surface area (Å²) in [4.78, 5) is 28.6. The Kier molecular flexibility index (Phi) is 3.15. The molecule has 2 aromatic carbocycles. The minimum absolute atomic E-state index is 0.231. The number of pyridine rings is 1. The lowest BCUT2D eigenvalue weighted by molar-refractivity contribution is 0.0604. The van der Waals surface area contributed by atoms with Crippen LogP contribution in [0.5, 0.6) is 0 Å². The van der Waals surface area contributed by atoms with E-state index >= 15 is 0 Å². The second kappa shape index (κ2) is 5.11. The summed E-state index contributed by atoms with van der Waals surface area (Å²) in [5.74, 6) is -0.511. The number of methoxy groups -OCH3 is 1. The number of nitrogens with zero attached hydrogens (tertiary/aromatic N) is 1. The van der Waals surface area contributed by atoms with Gasteiger partial charge < -0.3 is 9.72 Å². The largest absolute Gasteiger partial charge is 0.465 e. The summed E-state index contributed by atoms with van der Waals surface area (Å²) in [5, 5.41) is 1.33. The summed E-state index contributed by atoms with van der Waals surface area (Å²) in [7, 11) is 1.32. The number of esters is 1. The highest BCUT2D eigenvalue weighted by atomic mass is 35.5. The molecule has 0 atom stereocenters. The molecule has 0 saturated carbocycles. The van der Waals surface area contributed by atoms with Crippen molar-refractivity contribution in [1.29, 1.82) is 0 Å². The molecule has 5 nitrogen and oxygen atoms in total. The van der Waals surface area contributed by atoms with E-state index < -0.39 is 5.97 Å². The number of hydrogen-bond donors (Lipinski definition) is 1. The Morgan fingerprint density at radius 3 is 2.71 bits per heavy atom. The molecule has 0 saturated heterocycles. The number of H-pyrrole nitrogens is 1. The van der Waals surface area contributed by atoms with E-state index in [1.165, 1.54) is 11.5 Å². The number of hydrogen-bond acceptors (Lipinski definition) is 3. The van der Waals surface area contributed by atoms with E-state index in [0.717, 1.165) is 11.1 Å². The zero-order valence-electron chi connectivity index (χ0n) is 13.0. The Labute approximate surface area is 141 Å². The van der Waals surface area contributed by atoms with Crippen molar-refractivity contribution in [2.24, 2.45) is 0 Å². The predicted octanol–water partition coefficient (Wildman–Crippen LogP) is 3.68. The lowest BCUT2D eigenvalue weighted by Crippen LogP contribution is -2.17. The van der Waals surface area contributed by atoms with E-state index in [1.807, 2.05) is 25.1 Å². The van der Waals surface area contributed by atoms with Crippen LogP contribution < -0.4 is 5.56 Å². The molecule has 0 bridgehead atoms. The Balaban J connectivity index is 2.35. The molecular formula is C18H13ClN2O3. The molecule has 2 heterocycles. The number of aryl methyl sites for hydroxylation is 1. The van der Waals surface area contributed by atoms with Crippen molar-refractivity contribution < 1.29 is 9.53 Å². The predicted molar refractivity (Wildman–Crippen MR) is 94.1 cm³/mol. The van der Waals surface area contributed by atoms with Crippen molar-refractivity contribution in [2.45, 2.75) is 6.92 Å². The van der Waals surface area contributed by atoms with E-state index in [4.69, 9.17) is 16.3 Å². The molecule has 120 valence electrons. The van der Waals surface area contributed by atoms with Gasteiger partial charge in [-0.3, -0.25) is 9.20 Å². The van der Waals surface area contributed by atoms with Crippen LogP contribution >= 0.6 is 11.6 Å². The maximum Gasteiger partial charge on any atom is 0.342 e. The molecule has 0 spiro atoms. The second-order valence-electron chi connectivity index (χ2n) is 5.69. The Hall–Kier alpha value is -2.79. The fourth-order valence-corrected chi connectivity index (χ4v) is 3.27. The SMILES string of the molecule is COC(=O)c1c2ccc(Cl)cc2c(=O)n2c1[nH]c1cc(C)ccc12. The van der Waals surface area contributed by atoms with Crippen LogP contribution in [0.4, 0.5) is 0 Å². The van der Waals surface area contributed by atoms with Crippen molar-refractivity contribution in [2.75, 3.05) is 7.11 Å². The zero-order valence-corrected chi connectivity index (χ0v) is 13.8. The third-order valence-corrected chi connectivity index (χ3v) is 4.42. The van der Waals surface area contributed by atoms with Gasteiger partial charge in [0, 0.05) is 10.4 Å². The van der Waals surface area contributed by atoms with Crippen molar-refractivity contribution in [3.63, 3.8) is 0 Å². The minimum atomic E-state index is -0.511. The highest BCUT2D eigenvalue weighted by Crippen LogP contribution is 2.27. The number of halogens is 1. The van der Waals surface area contributed by atoms with Gasteiger partial charge in [-0.2, -0.15) is 0 Å². The first-order chi connectivity index (χ1) is 11.5. The van der Waals surface area contributed by atoms with Crippen LogP contribution in [0.15, 0.2) is 41.2 Å². The number of carbonyl (C=O) groups excluding carboxylic acids is 1. The number of fused-ring (bicyclic) bond motifs is 4. The van der Waals surface area contributed by atoms with Gasteiger partial charge in [0.15, 0.2) is 0 Å². The highest BCUT2D eigenvalue weighted by Gasteiger charge is 2.21. The zero-order chi connectivity index (χ0) is 17.0. The Bertz CT molecular complexity index is 1200. The number of ether oxygens (including phenoxy) is 1. The number of nitrogens with one attached hydrogen (secondary N) is 1. The molecule has 6 heteroatoms. The van der Waals surface area contributed by atoms with E-state index in [9.17, 15) is 9.59 Å². The van der Waals surface area contributed by atoms with Gasteiger partial charge in [-0.05, 0) is 36.8 Å². The normalized spacial score (nSPS) is 11.5. The van der Waals surface area contributed by atoms with E-state index in [0.29, 0.717) is 32.5 Å². The van der Waals surface area contributed by atoms with Crippen LogP contribution in [-0.4, -0.2) is 22.5 Å². The summed E-state index contributed by atoms with van der Waals surface area (Å²) in [6.07, 6.45) is 0. The first-order valence-electron chi connectivity index (χ1n) is 7.36. The van der Waals surface area contributed by atoms with Crippen LogP contribution in [0.3, 0.4) is 0 Å². The molecule has 0 aliphatic carbocycles. The van der Waals surface area contributed by atoms with E-state index in [1.54, 1.807) is 18.2 Å². The first-order valence-corrected chi connectivity index (χ1v) is 7.73. The smallest absolute Gasteiger partial charge is 0.342 e. The molecule has 0 amide bonds. The summed E-state index contributed by atoms with van der Waals surface area (Å²) in [6, 6.07) is 10.6. The maximum absolute atomic E-state index is 13.0. The van der Waals surface area contributed by atoms with Crippen molar-refractivity contribution >= 4 is 45.0 Å². The average molecular weight is 341 g/mol. The van der Waals surface area contributed by atoms with Crippen LogP contribution in [-0.2, 0) is 4.74 Å². The third-order valence-electron chi connectivity index (χ3n) is 4.18. The number of benzene rings is 2. The standard InChI is InChI=1S/C18H13ClN2O3/c1-9-3-6-14-13(7-9)20-16-15(18(23)24-2)11-5-4-10(19)8-12(11)17(22)21(14)16/h3-8,20H,1-2H3. The summed E-state index contributed by atoms with van der Waals surface area (Å²) in [5.41, 5.74) is 3.03. The molecule has 0 unspecified atom stereocenters. The minimum Gasteiger partial charge on any atom is -0.465 e. The number of rotatable bonds is 1. The highest BCUT2D eigenvalue weighted by molar-refractivity contribution is 6.31. The molecule has 0 aliphatic heterocycles. The molecule has 4 rings (SSSR count). The van der Waals surface area contributed by atoms with Gasteiger partial charge >= 0.3 is 5.97 Å². The lowest BCUT2D eigenvalue weighted by atomic mass is 10.1. The quantitative estimate of drug-likeness (QED) is 0.537. The number of carbonyl (C=O) groups is 1. The van der Waals surface area contributed by atoms with Crippen LogP contribution in [0.2, 0.25) is 5.02 Å².